The van der Waals surface area contributed by atoms with E-state index < -0.39 is 29.4 Å². The van der Waals surface area contributed by atoms with Gasteiger partial charge in [0.2, 0.25) is 0 Å². The lowest BCUT2D eigenvalue weighted by Gasteiger charge is -2.27. The number of ketones is 1. The second kappa shape index (κ2) is 6.88. The maximum Gasteiger partial charge on any atom is 0.294 e. The van der Waals surface area contributed by atoms with Crippen LogP contribution in [0.3, 0.4) is 0 Å². The lowest BCUT2D eigenvalue weighted by molar-refractivity contribution is -0.119. The van der Waals surface area contributed by atoms with Crippen LogP contribution in [0.4, 0.5) is 10.1 Å². The highest BCUT2D eigenvalue weighted by molar-refractivity contribution is 6.31. The fourth-order valence-corrected chi connectivity index (χ4v) is 3.11. The highest BCUT2D eigenvalue weighted by Gasteiger charge is 2.44. The van der Waals surface area contributed by atoms with E-state index in [1.165, 1.54) is 29.4 Å². The van der Waals surface area contributed by atoms with E-state index in [9.17, 15) is 19.1 Å². The van der Waals surface area contributed by atoms with Crippen molar-refractivity contribution < 1.29 is 19.1 Å². The number of nitrogens with zero attached hydrogens (tertiary/aromatic N) is 2. The molecule has 0 radical (unpaired) electrons. The Balaban J connectivity index is 2.19. The van der Waals surface area contributed by atoms with Gasteiger partial charge >= 0.3 is 0 Å². The molecule has 1 atom stereocenters. The summed E-state index contributed by atoms with van der Waals surface area (Å²) < 4.78 is 13.5. The minimum atomic E-state index is -0.845. The average molecular weight is 375 g/mol. The Morgan fingerprint density at radius 1 is 1.27 bits per heavy atom. The van der Waals surface area contributed by atoms with Crippen molar-refractivity contribution in [3.05, 3.63) is 70.5 Å². The number of rotatable bonds is 4. The lowest BCUT2D eigenvalue weighted by Crippen LogP contribution is -2.31. The van der Waals surface area contributed by atoms with E-state index in [0.717, 1.165) is 6.07 Å². The molecule has 1 aromatic heterocycles. The second-order valence-electron chi connectivity index (χ2n) is 6.24. The molecule has 5 nitrogen and oxygen atoms in total. The number of aliphatic hydroxyl groups excluding tert-OH is 1. The first-order valence-corrected chi connectivity index (χ1v) is 8.36. The summed E-state index contributed by atoms with van der Waals surface area (Å²) in [6, 6.07) is 6.27. The number of benzene rings is 1. The van der Waals surface area contributed by atoms with Crippen LogP contribution < -0.4 is 4.90 Å². The maximum absolute atomic E-state index is 13.5. The predicted octanol–water partition coefficient (Wildman–Crippen LogP) is 4.00. The van der Waals surface area contributed by atoms with Crippen molar-refractivity contribution in [1.29, 1.82) is 0 Å². The second-order valence-corrected chi connectivity index (χ2v) is 6.65. The molecule has 0 fully saturated rings. The molecule has 1 aliphatic rings. The zero-order valence-corrected chi connectivity index (χ0v) is 14.9. The van der Waals surface area contributed by atoms with E-state index in [2.05, 4.69) is 4.98 Å². The van der Waals surface area contributed by atoms with Gasteiger partial charge in [-0.25, -0.2) is 4.39 Å². The number of amides is 1. The maximum atomic E-state index is 13.5. The Labute approximate surface area is 154 Å². The Morgan fingerprint density at radius 2 is 1.92 bits per heavy atom. The molecule has 134 valence electrons. The van der Waals surface area contributed by atoms with Crippen molar-refractivity contribution in [1.82, 2.24) is 4.98 Å². The minimum Gasteiger partial charge on any atom is -0.503 e. The molecule has 0 spiro atoms. The smallest absolute Gasteiger partial charge is 0.294 e. The standard InChI is InChI=1S/C19H16ClFN2O3/c1-10(2)17(24)15-16(11-5-7-22-8-6-11)23(19(26)18(15)25)12-3-4-14(21)13(20)9-12/h3-10,16,25H,1-2H3. The number of aliphatic hydroxyl groups is 1. The van der Waals surface area contributed by atoms with Gasteiger partial charge in [-0.15, -0.1) is 0 Å². The number of anilines is 1. The first-order valence-electron chi connectivity index (χ1n) is 7.98. The van der Waals surface area contributed by atoms with Crippen molar-refractivity contribution in [2.24, 2.45) is 5.92 Å². The summed E-state index contributed by atoms with van der Waals surface area (Å²) in [6.07, 6.45) is 3.06. The fraction of sp³-hybridized carbons (Fsp3) is 0.211. The van der Waals surface area contributed by atoms with Crippen LogP contribution in [0, 0.1) is 11.7 Å². The molecule has 1 aromatic carbocycles. The normalized spacial score (nSPS) is 17.3. The third kappa shape index (κ3) is 2.97. The molecular formula is C19H16ClFN2O3. The number of hydrogen-bond donors (Lipinski definition) is 1. The van der Waals surface area contributed by atoms with Crippen LogP contribution in [0.1, 0.15) is 25.5 Å². The quantitative estimate of drug-likeness (QED) is 0.878. The number of hydrogen-bond acceptors (Lipinski definition) is 4. The summed E-state index contributed by atoms with van der Waals surface area (Å²) >= 11 is 5.85. The van der Waals surface area contributed by atoms with Gasteiger partial charge < -0.3 is 5.11 Å². The molecule has 0 bridgehead atoms. The molecule has 1 amide bonds. The summed E-state index contributed by atoms with van der Waals surface area (Å²) in [5, 5.41) is 10.2. The molecule has 0 saturated heterocycles. The van der Waals surface area contributed by atoms with Crippen LogP contribution in [-0.2, 0) is 9.59 Å². The SMILES string of the molecule is CC(C)C(=O)C1=C(O)C(=O)N(c2ccc(F)c(Cl)c2)C1c1ccncc1. The predicted molar refractivity (Wildman–Crippen MR) is 95.4 cm³/mol. The van der Waals surface area contributed by atoms with Crippen LogP contribution in [-0.4, -0.2) is 21.8 Å². The Kier molecular flexibility index (Phi) is 4.78. The van der Waals surface area contributed by atoms with Crippen molar-refractivity contribution >= 4 is 29.0 Å². The largest absolute Gasteiger partial charge is 0.503 e. The zero-order chi connectivity index (χ0) is 19.0. The van der Waals surface area contributed by atoms with Gasteiger partial charge in [-0.2, -0.15) is 0 Å². The molecule has 3 rings (SSSR count). The topological polar surface area (TPSA) is 70.5 Å². The molecule has 1 N–H and O–H groups in total. The molecule has 1 unspecified atom stereocenters. The monoisotopic (exact) mass is 374 g/mol. The van der Waals surface area contributed by atoms with Gasteiger partial charge in [-0.05, 0) is 35.9 Å². The van der Waals surface area contributed by atoms with Gasteiger partial charge in [-0.1, -0.05) is 25.4 Å². The number of carbonyl (C=O) groups is 2. The highest BCUT2D eigenvalue weighted by Crippen LogP contribution is 2.42. The molecular weight excluding hydrogens is 359 g/mol. The van der Waals surface area contributed by atoms with Crippen LogP contribution in [0.5, 0.6) is 0 Å². The van der Waals surface area contributed by atoms with Crippen molar-refractivity contribution in [2.75, 3.05) is 4.90 Å². The van der Waals surface area contributed by atoms with Gasteiger partial charge in [0.15, 0.2) is 11.5 Å². The molecule has 26 heavy (non-hydrogen) atoms. The third-order valence-electron chi connectivity index (χ3n) is 4.20. The van der Waals surface area contributed by atoms with E-state index in [0.29, 0.717) is 5.56 Å². The van der Waals surface area contributed by atoms with E-state index >= 15 is 0 Å². The van der Waals surface area contributed by atoms with Crippen LogP contribution in [0.15, 0.2) is 54.1 Å². The first kappa shape index (κ1) is 18.1. The fourth-order valence-electron chi connectivity index (χ4n) is 2.93. The molecule has 1 aliphatic heterocycles. The van der Waals surface area contributed by atoms with Crippen molar-refractivity contribution in [3.63, 3.8) is 0 Å². The number of halogens is 2. The molecule has 2 aromatic rings. The Morgan fingerprint density at radius 3 is 2.50 bits per heavy atom. The average Bonchev–Trinajstić information content (AvgIpc) is 2.89. The van der Waals surface area contributed by atoms with Crippen LogP contribution >= 0.6 is 11.6 Å². The summed E-state index contributed by atoms with van der Waals surface area (Å²) in [5.74, 6) is -2.72. The van der Waals surface area contributed by atoms with E-state index in [4.69, 9.17) is 11.6 Å². The summed E-state index contributed by atoms with van der Waals surface area (Å²) in [6.45, 7) is 3.38. The third-order valence-corrected chi connectivity index (χ3v) is 4.49. The minimum absolute atomic E-state index is 0.0108. The first-order chi connectivity index (χ1) is 12.3. The van der Waals surface area contributed by atoms with Crippen LogP contribution in [0.25, 0.3) is 0 Å². The van der Waals surface area contributed by atoms with E-state index in [1.54, 1.807) is 26.0 Å². The number of aromatic nitrogens is 1. The Hall–Kier alpha value is -2.73. The number of Topliss-reactive ketones (excluding diaryl/α,β-unsaturated/α-hetero) is 1. The van der Waals surface area contributed by atoms with E-state index in [1.807, 2.05) is 0 Å². The van der Waals surface area contributed by atoms with Crippen LogP contribution in [0.2, 0.25) is 5.02 Å². The number of carbonyl (C=O) groups excluding carboxylic acids is 2. The highest BCUT2D eigenvalue weighted by atomic mass is 35.5. The van der Waals surface area contributed by atoms with Crippen molar-refractivity contribution in [2.45, 2.75) is 19.9 Å². The summed E-state index contributed by atoms with van der Waals surface area (Å²) in [5.41, 5.74) is 0.889. The van der Waals surface area contributed by atoms with E-state index in [-0.39, 0.29) is 22.1 Å². The Bertz CT molecular complexity index is 912. The van der Waals surface area contributed by atoms with Gasteiger partial charge in [0.05, 0.1) is 16.6 Å². The van der Waals surface area contributed by atoms with Gasteiger partial charge in [0.25, 0.3) is 5.91 Å². The lowest BCUT2D eigenvalue weighted by atomic mass is 9.91. The number of pyridine rings is 1. The van der Waals surface area contributed by atoms with Crippen molar-refractivity contribution in [3.8, 4) is 0 Å². The van der Waals surface area contributed by atoms with Gasteiger partial charge in [-0.3, -0.25) is 19.5 Å². The molecule has 0 aliphatic carbocycles. The zero-order valence-electron chi connectivity index (χ0n) is 14.1. The van der Waals surface area contributed by atoms with Gasteiger partial charge in [0, 0.05) is 24.0 Å². The molecule has 0 saturated carbocycles. The molecule has 2 heterocycles. The van der Waals surface area contributed by atoms with Gasteiger partial charge in [0.1, 0.15) is 5.82 Å². The summed E-state index contributed by atoms with van der Waals surface area (Å²) in [7, 11) is 0. The summed E-state index contributed by atoms with van der Waals surface area (Å²) in [4.78, 5) is 30.6. The molecule has 7 heteroatoms.